The molecule has 1 aromatic carbocycles. The third kappa shape index (κ3) is 2.60. The molecule has 92 valence electrons. The average molecular weight is 283 g/mol. The maximum Gasteiger partial charge on any atom is 0.287 e. The van der Waals surface area contributed by atoms with Gasteiger partial charge < -0.3 is 0 Å². The molecule has 0 fully saturated rings. The fourth-order valence-corrected chi connectivity index (χ4v) is 1.70. The van der Waals surface area contributed by atoms with E-state index in [1.807, 2.05) is 0 Å². The van der Waals surface area contributed by atoms with Crippen molar-refractivity contribution in [2.75, 3.05) is 0 Å². The Bertz CT molecular complexity index is 636. The second-order valence-corrected chi connectivity index (χ2v) is 4.41. The van der Waals surface area contributed by atoms with E-state index in [4.69, 9.17) is 23.2 Å². The first kappa shape index (κ1) is 12.8. The molecule has 0 saturated heterocycles. The number of carbonyl (C=O) groups is 1. The van der Waals surface area contributed by atoms with E-state index in [0.717, 1.165) is 11.8 Å². The van der Waals surface area contributed by atoms with Crippen molar-refractivity contribution in [2.45, 2.75) is 6.54 Å². The number of aromatic nitrogens is 2. The minimum atomic E-state index is -0.441. The largest absolute Gasteiger partial charge is 0.298 e. The fourth-order valence-electron chi connectivity index (χ4n) is 1.43. The van der Waals surface area contributed by atoms with Crippen LogP contribution in [0.25, 0.3) is 0 Å². The van der Waals surface area contributed by atoms with Gasteiger partial charge >= 0.3 is 0 Å². The predicted octanol–water partition coefficient (Wildman–Crippen LogP) is 2.41. The molecule has 0 bridgehead atoms. The van der Waals surface area contributed by atoms with E-state index in [-0.39, 0.29) is 16.6 Å². The Kier molecular flexibility index (Phi) is 3.79. The van der Waals surface area contributed by atoms with Gasteiger partial charge in [0.2, 0.25) is 0 Å². The van der Waals surface area contributed by atoms with E-state index in [2.05, 4.69) is 5.10 Å². The van der Waals surface area contributed by atoms with E-state index in [1.54, 1.807) is 24.3 Å². The molecule has 4 nitrogen and oxygen atoms in total. The Balaban J connectivity index is 2.31. The number of benzene rings is 1. The van der Waals surface area contributed by atoms with Gasteiger partial charge in [0, 0.05) is 5.56 Å². The summed E-state index contributed by atoms with van der Waals surface area (Å²) in [7, 11) is 0. The Labute approximate surface area is 113 Å². The van der Waals surface area contributed by atoms with E-state index < -0.39 is 5.56 Å². The predicted molar refractivity (Wildman–Crippen MR) is 69.4 cm³/mol. The molecule has 2 aromatic rings. The molecule has 6 heteroatoms. The van der Waals surface area contributed by atoms with Crippen LogP contribution in [0.1, 0.15) is 15.9 Å². The minimum absolute atomic E-state index is 0.0452. The molecule has 0 saturated carbocycles. The quantitative estimate of drug-likeness (QED) is 0.813. The maximum absolute atomic E-state index is 11.7. The number of rotatable bonds is 3. The zero-order valence-electron chi connectivity index (χ0n) is 9.14. The number of carbonyl (C=O) groups excluding carboxylic acids is 1. The van der Waals surface area contributed by atoms with Crippen LogP contribution < -0.4 is 5.56 Å². The van der Waals surface area contributed by atoms with Crippen molar-refractivity contribution < 1.29 is 4.79 Å². The topological polar surface area (TPSA) is 52.0 Å². The van der Waals surface area contributed by atoms with Crippen molar-refractivity contribution in [3.8, 4) is 0 Å². The van der Waals surface area contributed by atoms with Crippen molar-refractivity contribution in [2.24, 2.45) is 0 Å². The molecule has 0 aliphatic carbocycles. The van der Waals surface area contributed by atoms with Crippen LogP contribution in [-0.2, 0) is 6.54 Å². The van der Waals surface area contributed by atoms with Gasteiger partial charge in [0.25, 0.3) is 5.56 Å². The minimum Gasteiger partial charge on any atom is -0.298 e. The van der Waals surface area contributed by atoms with Gasteiger partial charge in [-0.3, -0.25) is 9.59 Å². The molecule has 18 heavy (non-hydrogen) atoms. The standard InChI is InChI=1S/C12H8Cl2N2O2/c13-10-5-15-16(12(18)11(10)14)6-8-1-3-9(7-17)4-2-8/h1-5,7H,6H2. The molecular weight excluding hydrogens is 275 g/mol. The van der Waals surface area contributed by atoms with Crippen LogP contribution in [-0.4, -0.2) is 16.1 Å². The molecule has 0 N–H and O–H groups in total. The summed E-state index contributed by atoms with van der Waals surface area (Å²) in [6, 6.07) is 6.84. The Morgan fingerprint density at radius 2 is 1.89 bits per heavy atom. The van der Waals surface area contributed by atoms with Gasteiger partial charge in [0.1, 0.15) is 11.3 Å². The lowest BCUT2D eigenvalue weighted by Gasteiger charge is -2.05. The molecule has 0 aliphatic heterocycles. The van der Waals surface area contributed by atoms with Crippen molar-refractivity contribution in [3.63, 3.8) is 0 Å². The summed E-state index contributed by atoms with van der Waals surface area (Å²) in [4.78, 5) is 22.3. The van der Waals surface area contributed by atoms with Crippen LogP contribution in [0.15, 0.2) is 35.3 Å². The van der Waals surface area contributed by atoms with Gasteiger partial charge in [-0.1, -0.05) is 47.5 Å². The number of halogens is 2. The maximum atomic E-state index is 11.7. The van der Waals surface area contributed by atoms with Gasteiger partial charge in [-0.15, -0.1) is 0 Å². The second kappa shape index (κ2) is 5.33. The van der Waals surface area contributed by atoms with Gasteiger partial charge in [0.05, 0.1) is 17.8 Å². The number of nitrogens with zero attached hydrogens (tertiary/aromatic N) is 2. The van der Waals surface area contributed by atoms with Crippen molar-refractivity contribution >= 4 is 29.5 Å². The number of hydrogen-bond donors (Lipinski definition) is 0. The molecule has 2 rings (SSSR count). The molecule has 0 unspecified atom stereocenters. The third-order valence-electron chi connectivity index (χ3n) is 2.39. The molecule has 0 spiro atoms. The van der Waals surface area contributed by atoms with Gasteiger partial charge in [-0.2, -0.15) is 5.10 Å². The molecular formula is C12H8Cl2N2O2. The number of aldehydes is 1. The SMILES string of the molecule is O=Cc1ccc(Cn2ncc(Cl)c(Cl)c2=O)cc1. The van der Waals surface area contributed by atoms with Crippen LogP contribution in [0.3, 0.4) is 0 Å². The third-order valence-corrected chi connectivity index (χ3v) is 3.14. The highest BCUT2D eigenvalue weighted by Gasteiger charge is 2.07. The van der Waals surface area contributed by atoms with Gasteiger partial charge in [-0.05, 0) is 5.56 Å². The zero-order chi connectivity index (χ0) is 13.1. The highest BCUT2D eigenvalue weighted by molar-refractivity contribution is 6.41. The smallest absolute Gasteiger partial charge is 0.287 e. The van der Waals surface area contributed by atoms with Crippen molar-refractivity contribution in [1.82, 2.24) is 9.78 Å². The lowest BCUT2D eigenvalue weighted by atomic mass is 10.1. The summed E-state index contributed by atoms with van der Waals surface area (Å²) < 4.78 is 1.21. The molecule has 1 heterocycles. The second-order valence-electron chi connectivity index (χ2n) is 3.63. The van der Waals surface area contributed by atoms with Crippen molar-refractivity contribution in [3.05, 3.63) is 62.0 Å². The Hall–Kier alpha value is -1.65. The van der Waals surface area contributed by atoms with E-state index in [9.17, 15) is 9.59 Å². The highest BCUT2D eigenvalue weighted by Crippen LogP contribution is 2.15. The van der Waals surface area contributed by atoms with Gasteiger partial charge in [-0.25, -0.2) is 4.68 Å². The molecule has 0 radical (unpaired) electrons. The van der Waals surface area contributed by atoms with E-state index in [1.165, 1.54) is 10.9 Å². The molecule has 0 atom stereocenters. The normalized spacial score (nSPS) is 10.3. The first-order chi connectivity index (χ1) is 8.61. The van der Waals surface area contributed by atoms with Crippen LogP contribution in [0.4, 0.5) is 0 Å². The van der Waals surface area contributed by atoms with Crippen LogP contribution in [0, 0.1) is 0 Å². The van der Waals surface area contributed by atoms with Gasteiger partial charge in [0.15, 0.2) is 0 Å². The highest BCUT2D eigenvalue weighted by atomic mass is 35.5. The Morgan fingerprint density at radius 1 is 1.22 bits per heavy atom. The van der Waals surface area contributed by atoms with Crippen LogP contribution in [0.5, 0.6) is 0 Å². The average Bonchev–Trinajstić information content (AvgIpc) is 2.40. The van der Waals surface area contributed by atoms with Crippen molar-refractivity contribution in [1.29, 1.82) is 0 Å². The summed E-state index contributed by atoms with van der Waals surface area (Å²) in [5, 5.41) is 3.98. The van der Waals surface area contributed by atoms with Crippen LogP contribution in [0.2, 0.25) is 10.0 Å². The molecule has 0 aliphatic rings. The molecule has 0 amide bonds. The van der Waals surface area contributed by atoms with E-state index >= 15 is 0 Å². The monoisotopic (exact) mass is 282 g/mol. The van der Waals surface area contributed by atoms with E-state index in [0.29, 0.717) is 5.56 Å². The first-order valence-corrected chi connectivity index (χ1v) is 5.82. The molecule has 1 aromatic heterocycles. The summed E-state index contributed by atoms with van der Waals surface area (Å²) in [6.07, 6.45) is 2.08. The lowest BCUT2D eigenvalue weighted by Crippen LogP contribution is -2.23. The lowest BCUT2D eigenvalue weighted by molar-refractivity contribution is 0.112. The zero-order valence-corrected chi connectivity index (χ0v) is 10.6. The summed E-state index contributed by atoms with van der Waals surface area (Å²) in [5.41, 5.74) is 0.977. The summed E-state index contributed by atoms with van der Waals surface area (Å²) >= 11 is 11.4. The summed E-state index contributed by atoms with van der Waals surface area (Å²) in [5.74, 6) is 0. The first-order valence-electron chi connectivity index (χ1n) is 5.07. The Morgan fingerprint density at radius 3 is 2.50 bits per heavy atom. The fraction of sp³-hybridized carbons (Fsp3) is 0.0833. The number of hydrogen-bond acceptors (Lipinski definition) is 3. The summed E-state index contributed by atoms with van der Waals surface area (Å²) in [6.45, 7) is 0.273. The van der Waals surface area contributed by atoms with Crippen LogP contribution >= 0.6 is 23.2 Å².